The van der Waals surface area contributed by atoms with Crippen molar-refractivity contribution in [3.63, 3.8) is 0 Å². The van der Waals surface area contributed by atoms with Gasteiger partial charge in [-0.2, -0.15) is 0 Å². The molecule has 28 heavy (non-hydrogen) atoms. The Balaban J connectivity index is 3.71. The number of quaternary nitrogens is 1. The first-order valence-corrected chi connectivity index (χ1v) is 13.3. The number of hydrogen-bond donors (Lipinski definition) is 1. The Bertz CT molecular complexity index is 432. The smallest absolute Gasteiger partial charge is 0.320 e. The molecule has 5 heteroatoms. The van der Waals surface area contributed by atoms with Gasteiger partial charge >= 0.3 is 7.60 Å². The van der Waals surface area contributed by atoms with Gasteiger partial charge in [-0.1, -0.05) is 70.9 Å². The summed E-state index contributed by atoms with van der Waals surface area (Å²) in [4.78, 5) is 10.4. The molecule has 0 aliphatic rings. The van der Waals surface area contributed by atoms with Crippen molar-refractivity contribution < 1.29 is 18.5 Å². The van der Waals surface area contributed by atoms with Crippen LogP contribution in [0.15, 0.2) is 12.2 Å². The highest BCUT2D eigenvalue weighted by atomic mass is 31.2. The van der Waals surface area contributed by atoms with E-state index in [1.54, 1.807) is 0 Å². The molecule has 0 amide bonds. The average Bonchev–Trinajstić information content (AvgIpc) is 2.61. The monoisotopic (exact) mass is 418 g/mol. The van der Waals surface area contributed by atoms with E-state index in [9.17, 15) is 9.46 Å². The lowest BCUT2D eigenvalue weighted by Crippen LogP contribution is -2.45. The van der Waals surface area contributed by atoms with E-state index in [1.165, 1.54) is 51.4 Å². The molecule has 0 rings (SSSR count). The van der Waals surface area contributed by atoms with Gasteiger partial charge in [0.05, 0.1) is 27.7 Å². The summed E-state index contributed by atoms with van der Waals surface area (Å²) in [7, 11) is 2.32. The summed E-state index contributed by atoms with van der Waals surface area (Å²) in [5.74, 6) is -0.341. The third-order valence-electron chi connectivity index (χ3n) is 5.25. The molecule has 2 unspecified atom stereocenters. The summed E-state index contributed by atoms with van der Waals surface area (Å²) in [6.45, 7) is 4.69. The molecule has 0 saturated heterocycles. The zero-order valence-electron chi connectivity index (χ0n) is 19.5. The number of hydrogen-bond acceptors (Lipinski definition) is 2. The summed E-state index contributed by atoms with van der Waals surface area (Å²) in [6, 6.07) is 0. The van der Waals surface area contributed by atoms with Crippen LogP contribution in [0, 0.1) is 0 Å². The molecule has 0 heterocycles. The second-order valence-corrected chi connectivity index (χ2v) is 11.0. The predicted octanol–water partition coefficient (Wildman–Crippen LogP) is 7.28. The fraction of sp³-hybridized carbons (Fsp3) is 0.913. The van der Waals surface area contributed by atoms with E-state index in [4.69, 9.17) is 4.52 Å². The van der Waals surface area contributed by atoms with E-state index in [1.807, 2.05) is 28.1 Å². The van der Waals surface area contributed by atoms with Gasteiger partial charge in [0.15, 0.2) is 5.78 Å². The summed E-state index contributed by atoms with van der Waals surface area (Å²) in [6.07, 6.45) is 21.1. The Kier molecular flexibility index (Phi) is 16.5. The third kappa shape index (κ3) is 14.8. The standard InChI is InChI=1S/C23H48NO3P/c1-6-8-9-10-11-12-13-14-15-16-17-18-19-20-22-27-28(25,26)23(21-7-2)24(3,4)5/h15-16,23H,6-14,17-22H2,1-5H3/p+1. The number of unbranched alkanes of at least 4 members (excludes halogenated alkanes) is 10. The molecule has 1 N–H and O–H groups in total. The topological polar surface area (TPSA) is 46.5 Å². The van der Waals surface area contributed by atoms with E-state index >= 15 is 0 Å². The van der Waals surface area contributed by atoms with Gasteiger partial charge in [-0.05, 0) is 38.5 Å². The fourth-order valence-corrected chi connectivity index (χ4v) is 5.55. The molecular weight excluding hydrogens is 369 g/mol. The van der Waals surface area contributed by atoms with Crippen molar-refractivity contribution >= 4 is 7.60 Å². The van der Waals surface area contributed by atoms with Gasteiger partial charge in [0.25, 0.3) is 0 Å². The summed E-state index contributed by atoms with van der Waals surface area (Å²) >= 11 is 0. The second-order valence-electron chi connectivity index (χ2n) is 9.01. The molecule has 2 atom stereocenters. The van der Waals surface area contributed by atoms with Crippen LogP contribution in [0.4, 0.5) is 0 Å². The van der Waals surface area contributed by atoms with E-state index in [2.05, 4.69) is 19.1 Å². The van der Waals surface area contributed by atoms with Gasteiger partial charge in [-0.3, -0.25) is 4.57 Å². The number of allylic oxidation sites excluding steroid dienone is 2. The molecule has 0 fully saturated rings. The minimum Gasteiger partial charge on any atom is -0.320 e. The quantitative estimate of drug-likeness (QED) is 0.104. The molecule has 0 saturated carbocycles. The zero-order chi connectivity index (χ0) is 21.3. The van der Waals surface area contributed by atoms with Crippen LogP contribution in [0.1, 0.15) is 104 Å². The molecule has 0 aliphatic carbocycles. The summed E-state index contributed by atoms with van der Waals surface area (Å²) in [5, 5.41) is 0. The first-order chi connectivity index (χ1) is 13.3. The van der Waals surface area contributed by atoms with Gasteiger partial charge in [0, 0.05) is 6.42 Å². The van der Waals surface area contributed by atoms with Gasteiger partial charge in [0.2, 0.25) is 0 Å². The largest absolute Gasteiger partial charge is 0.385 e. The van der Waals surface area contributed by atoms with Crippen molar-refractivity contribution in [3.05, 3.63) is 12.2 Å². The molecule has 0 aromatic rings. The average molecular weight is 419 g/mol. The maximum absolute atomic E-state index is 12.6. The molecule has 4 nitrogen and oxygen atoms in total. The highest BCUT2D eigenvalue weighted by Crippen LogP contribution is 2.51. The van der Waals surface area contributed by atoms with Crippen molar-refractivity contribution in [3.8, 4) is 0 Å². The van der Waals surface area contributed by atoms with Crippen LogP contribution in [0.2, 0.25) is 0 Å². The first-order valence-electron chi connectivity index (χ1n) is 11.7. The van der Waals surface area contributed by atoms with Gasteiger partial charge in [0.1, 0.15) is 0 Å². The van der Waals surface area contributed by atoms with Crippen LogP contribution in [-0.2, 0) is 9.09 Å². The Hall–Kier alpha value is -0.150. The maximum Gasteiger partial charge on any atom is 0.385 e. The van der Waals surface area contributed by atoms with Crippen LogP contribution < -0.4 is 0 Å². The van der Waals surface area contributed by atoms with Gasteiger partial charge in [-0.15, -0.1) is 0 Å². The Morgan fingerprint density at radius 2 is 1.32 bits per heavy atom. The Morgan fingerprint density at radius 1 is 0.821 bits per heavy atom. The third-order valence-corrected chi connectivity index (χ3v) is 7.51. The van der Waals surface area contributed by atoms with Crippen molar-refractivity contribution in [2.24, 2.45) is 0 Å². The Morgan fingerprint density at radius 3 is 1.82 bits per heavy atom. The van der Waals surface area contributed by atoms with Crippen molar-refractivity contribution in [2.75, 3.05) is 27.7 Å². The molecule has 0 radical (unpaired) electrons. The van der Waals surface area contributed by atoms with E-state index in [-0.39, 0.29) is 5.78 Å². The lowest BCUT2D eigenvalue weighted by atomic mass is 10.1. The van der Waals surface area contributed by atoms with E-state index in [0.717, 1.165) is 32.1 Å². The lowest BCUT2D eigenvalue weighted by molar-refractivity contribution is -0.883. The summed E-state index contributed by atoms with van der Waals surface area (Å²) < 4.78 is 18.5. The highest BCUT2D eigenvalue weighted by Gasteiger charge is 2.41. The van der Waals surface area contributed by atoms with Gasteiger partial charge < -0.3 is 13.9 Å². The minimum absolute atomic E-state index is 0.341. The molecule has 0 spiro atoms. The van der Waals surface area contributed by atoms with Crippen LogP contribution in [-0.4, -0.2) is 42.9 Å². The zero-order valence-corrected chi connectivity index (χ0v) is 20.4. The second kappa shape index (κ2) is 16.6. The van der Waals surface area contributed by atoms with E-state index in [0.29, 0.717) is 17.5 Å². The van der Waals surface area contributed by atoms with Crippen LogP contribution in [0.3, 0.4) is 0 Å². The summed E-state index contributed by atoms with van der Waals surface area (Å²) in [5.41, 5.74) is 0. The van der Waals surface area contributed by atoms with Crippen LogP contribution in [0.25, 0.3) is 0 Å². The predicted molar refractivity (Wildman–Crippen MR) is 123 cm³/mol. The molecule has 0 aromatic heterocycles. The molecule has 168 valence electrons. The van der Waals surface area contributed by atoms with Crippen LogP contribution in [0.5, 0.6) is 0 Å². The number of nitrogens with zero attached hydrogens (tertiary/aromatic N) is 1. The number of rotatable bonds is 19. The van der Waals surface area contributed by atoms with Crippen molar-refractivity contribution in [1.82, 2.24) is 0 Å². The fourth-order valence-electron chi connectivity index (χ4n) is 3.52. The van der Waals surface area contributed by atoms with Crippen molar-refractivity contribution in [2.45, 2.75) is 110 Å². The lowest BCUT2D eigenvalue weighted by Gasteiger charge is -2.35. The van der Waals surface area contributed by atoms with Crippen LogP contribution >= 0.6 is 7.60 Å². The SMILES string of the molecule is CCCCCCCCCC=CCCCCCOP(=O)(O)C(CCC)[N+](C)(C)C. The molecule has 0 aromatic carbocycles. The molecular formula is C23H49NO3P+. The maximum atomic E-state index is 12.6. The van der Waals surface area contributed by atoms with Crippen molar-refractivity contribution in [1.29, 1.82) is 0 Å². The molecule has 0 aliphatic heterocycles. The van der Waals surface area contributed by atoms with E-state index < -0.39 is 7.60 Å². The Labute approximate surface area is 175 Å². The van der Waals surface area contributed by atoms with Gasteiger partial charge in [-0.25, -0.2) is 0 Å². The first kappa shape index (κ1) is 27.8. The highest BCUT2D eigenvalue weighted by molar-refractivity contribution is 7.53. The normalized spacial score (nSPS) is 15.8. The minimum atomic E-state index is -3.57. The molecule has 0 bridgehead atoms.